The van der Waals surface area contributed by atoms with E-state index in [2.05, 4.69) is 15.3 Å². The van der Waals surface area contributed by atoms with Crippen LogP contribution in [0.1, 0.15) is 36.0 Å². The number of aryl methyl sites for hydroxylation is 1. The monoisotopic (exact) mass is 249 g/mol. The van der Waals surface area contributed by atoms with Gasteiger partial charge in [-0.25, -0.2) is 0 Å². The van der Waals surface area contributed by atoms with E-state index >= 15 is 0 Å². The molecule has 2 bridgehead atoms. The largest absolute Gasteiger partial charge is 0.327 e. The Balaban J connectivity index is 1.79. The van der Waals surface area contributed by atoms with Gasteiger partial charge in [-0.05, 0) is 38.0 Å². The molecule has 4 atom stereocenters. The molecule has 0 amide bonds. The normalized spacial score (nSPS) is 36.1. The van der Waals surface area contributed by atoms with Gasteiger partial charge in [0.25, 0.3) is 0 Å². The fraction of sp³-hybridized carbons (Fsp3) is 0.727. The van der Waals surface area contributed by atoms with Gasteiger partial charge in [0.1, 0.15) is 5.01 Å². The molecule has 2 aromatic rings. The predicted octanol–water partition coefficient (Wildman–Crippen LogP) is 1.34. The molecule has 2 aliphatic carbocycles. The van der Waals surface area contributed by atoms with E-state index in [4.69, 9.17) is 5.73 Å². The smallest absolute Gasteiger partial charge is 0.234 e. The zero-order chi connectivity index (χ0) is 11.6. The lowest BCUT2D eigenvalue weighted by molar-refractivity contribution is 0.363. The molecule has 0 spiro atoms. The number of hydrogen-bond donors (Lipinski definition) is 1. The second-order valence-corrected chi connectivity index (χ2v) is 6.31. The summed E-state index contributed by atoms with van der Waals surface area (Å²) in [5.41, 5.74) is 6.35. The second kappa shape index (κ2) is 3.26. The summed E-state index contributed by atoms with van der Waals surface area (Å²) in [5, 5.41) is 14.0. The van der Waals surface area contributed by atoms with Crippen molar-refractivity contribution in [1.29, 1.82) is 0 Å². The van der Waals surface area contributed by atoms with E-state index in [1.165, 1.54) is 19.3 Å². The van der Waals surface area contributed by atoms with Gasteiger partial charge in [0.2, 0.25) is 4.96 Å². The van der Waals surface area contributed by atoms with Crippen LogP contribution in [0.25, 0.3) is 4.96 Å². The number of nitrogens with zero attached hydrogens (tertiary/aromatic N) is 4. The molecule has 2 saturated carbocycles. The Morgan fingerprint density at radius 2 is 2.12 bits per heavy atom. The lowest BCUT2D eigenvalue weighted by Gasteiger charge is -2.25. The molecule has 0 aromatic carbocycles. The number of aromatic nitrogens is 4. The summed E-state index contributed by atoms with van der Waals surface area (Å²) in [4.78, 5) is 0.896. The van der Waals surface area contributed by atoms with E-state index in [1.54, 1.807) is 11.3 Å². The molecule has 0 saturated heterocycles. The first kappa shape index (κ1) is 9.96. The highest BCUT2D eigenvalue weighted by Gasteiger charge is 2.47. The van der Waals surface area contributed by atoms with Crippen molar-refractivity contribution in [2.45, 2.75) is 38.1 Å². The molecule has 17 heavy (non-hydrogen) atoms. The molecule has 2 aromatic heterocycles. The van der Waals surface area contributed by atoms with Gasteiger partial charge in [-0.15, -0.1) is 10.2 Å². The first-order valence-corrected chi connectivity index (χ1v) is 7.00. The zero-order valence-electron chi connectivity index (χ0n) is 9.71. The van der Waals surface area contributed by atoms with Gasteiger partial charge in [0.15, 0.2) is 5.82 Å². The summed E-state index contributed by atoms with van der Waals surface area (Å²) in [6, 6.07) is 0.304. The van der Waals surface area contributed by atoms with Crippen LogP contribution < -0.4 is 5.73 Å². The van der Waals surface area contributed by atoms with Crippen molar-refractivity contribution in [3.8, 4) is 0 Å². The van der Waals surface area contributed by atoms with Crippen LogP contribution >= 0.6 is 11.3 Å². The minimum absolute atomic E-state index is 0.304. The quantitative estimate of drug-likeness (QED) is 0.828. The first-order valence-electron chi connectivity index (χ1n) is 6.18. The van der Waals surface area contributed by atoms with E-state index in [0.717, 1.165) is 27.6 Å². The van der Waals surface area contributed by atoms with Crippen LogP contribution in [0.3, 0.4) is 0 Å². The summed E-state index contributed by atoms with van der Waals surface area (Å²) in [6.45, 7) is 1.93. The van der Waals surface area contributed by atoms with Crippen LogP contribution in [0.15, 0.2) is 0 Å². The highest BCUT2D eigenvalue weighted by molar-refractivity contribution is 7.16. The molecule has 0 aliphatic heterocycles. The van der Waals surface area contributed by atoms with Crippen LogP contribution in [0.2, 0.25) is 0 Å². The van der Waals surface area contributed by atoms with E-state index < -0.39 is 0 Å². The lowest BCUT2D eigenvalue weighted by atomic mass is 9.85. The number of nitrogens with two attached hydrogens (primary N) is 1. The third-order valence-corrected chi connectivity index (χ3v) is 5.43. The van der Waals surface area contributed by atoms with Crippen molar-refractivity contribution < 1.29 is 0 Å². The topological polar surface area (TPSA) is 69.1 Å². The van der Waals surface area contributed by atoms with Crippen LogP contribution in [0.4, 0.5) is 0 Å². The SMILES string of the molecule is Cc1nnc2sc(C3C4CCC(C4)C3N)nn12. The Morgan fingerprint density at radius 1 is 1.29 bits per heavy atom. The summed E-state index contributed by atoms with van der Waals surface area (Å²) < 4.78 is 1.85. The maximum Gasteiger partial charge on any atom is 0.234 e. The first-order chi connectivity index (χ1) is 8.24. The van der Waals surface area contributed by atoms with Gasteiger partial charge in [0.05, 0.1) is 0 Å². The third kappa shape index (κ3) is 1.25. The molecule has 6 heteroatoms. The van der Waals surface area contributed by atoms with Crippen molar-refractivity contribution in [2.75, 3.05) is 0 Å². The molecular weight excluding hydrogens is 234 g/mol. The van der Waals surface area contributed by atoms with Gasteiger partial charge < -0.3 is 5.73 Å². The van der Waals surface area contributed by atoms with Crippen molar-refractivity contribution in [2.24, 2.45) is 17.6 Å². The molecule has 2 aliphatic rings. The molecule has 2 N–H and O–H groups in total. The summed E-state index contributed by atoms with van der Waals surface area (Å²) in [6.07, 6.45) is 3.93. The van der Waals surface area contributed by atoms with E-state index in [9.17, 15) is 0 Å². The molecular formula is C11H15N5S. The third-order valence-electron chi connectivity index (χ3n) is 4.43. The molecule has 90 valence electrons. The van der Waals surface area contributed by atoms with E-state index in [1.807, 2.05) is 11.4 Å². The fourth-order valence-corrected chi connectivity index (χ4v) is 4.70. The van der Waals surface area contributed by atoms with Crippen LogP contribution in [-0.4, -0.2) is 25.9 Å². The number of fused-ring (bicyclic) bond motifs is 3. The zero-order valence-corrected chi connectivity index (χ0v) is 10.5. The molecule has 2 heterocycles. The Kier molecular flexibility index (Phi) is 1.91. The summed E-state index contributed by atoms with van der Waals surface area (Å²) >= 11 is 1.66. The minimum Gasteiger partial charge on any atom is -0.327 e. The average molecular weight is 249 g/mol. The van der Waals surface area contributed by atoms with Gasteiger partial charge in [-0.1, -0.05) is 11.3 Å². The average Bonchev–Trinajstić information content (AvgIpc) is 3.00. The van der Waals surface area contributed by atoms with Crippen molar-refractivity contribution in [1.82, 2.24) is 19.8 Å². The van der Waals surface area contributed by atoms with Crippen LogP contribution in [-0.2, 0) is 0 Å². The Hall–Kier alpha value is -1.01. The number of rotatable bonds is 1. The number of hydrogen-bond acceptors (Lipinski definition) is 5. The minimum atomic E-state index is 0.304. The summed E-state index contributed by atoms with van der Waals surface area (Å²) in [7, 11) is 0. The maximum atomic E-state index is 6.35. The van der Waals surface area contributed by atoms with Crippen molar-refractivity contribution >= 4 is 16.3 Å². The standard InChI is InChI=1S/C11H15N5S/c1-5-13-14-11-16(5)15-10(17-11)8-6-2-3-7(4-6)9(8)12/h6-9H,2-4,12H2,1H3. The molecule has 4 rings (SSSR count). The maximum absolute atomic E-state index is 6.35. The highest BCUT2D eigenvalue weighted by atomic mass is 32.1. The van der Waals surface area contributed by atoms with Crippen LogP contribution in [0.5, 0.6) is 0 Å². The Bertz CT molecular complexity index is 571. The second-order valence-electron chi connectivity index (χ2n) is 5.32. The van der Waals surface area contributed by atoms with Gasteiger partial charge in [-0.2, -0.15) is 9.61 Å². The van der Waals surface area contributed by atoms with Crippen LogP contribution in [0, 0.1) is 18.8 Å². The summed E-state index contributed by atoms with van der Waals surface area (Å²) in [5.74, 6) is 2.79. The highest BCUT2D eigenvalue weighted by Crippen LogP contribution is 2.52. The molecule has 0 radical (unpaired) electrons. The molecule has 4 unspecified atom stereocenters. The van der Waals surface area contributed by atoms with Gasteiger partial charge in [-0.3, -0.25) is 0 Å². The van der Waals surface area contributed by atoms with Gasteiger partial charge in [0, 0.05) is 12.0 Å². The van der Waals surface area contributed by atoms with E-state index in [0.29, 0.717) is 12.0 Å². The van der Waals surface area contributed by atoms with Crippen molar-refractivity contribution in [3.63, 3.8) is 0 Å². The Labute approximate surface area is 103 Å². The Morgan fingerprint density at radius 3 is 2.82 bits per heavy atom. The fourth-order valence-electron chi connectivity index (χ4n) is 3.57. The molecule has 2 fully saturated rings. The molecule has 5 nitrogen and oxygen atoms in total. The predicted molar refractivity (Wildman–Crippen MR) is 64.9 cm³/mol. The lowest BCUT2D eigenvalue weighted by Crippen LogP contribution is -2.34. The van der Waals surface area contributed by atoms with Crippen molar-refractivity contribution in [3.05, 3.63) is 10.8 Å². The van der Waals surface area contributed by atoms with E-state index in [-0.39, 0.29) is 0 Å². The van der Waals surface area contributed by atoms with Gasteiger partial charge >= 0.3 is 0 Å².